The first-order valence-electron chi connectivity index (χ1n) is 8.19. The van der Waals surface area contributed by atoms with Crippen molar-refractivity contribution in [3.05, 3.63) is 64.1 Å². The van der Waals surface area contributed by atoms with Gasteiger partial charge in [0.15, 0.2) is 0 Å². The molecular formula is C20H19BrN2O2. The fraction of sp³-hybridized carbons (Fsp3) is 0.200. The summed E-state index contributed by atoms with van der Waals surface area (Å²) < 4.78 is 0.939. The highest BCUT2D eigenvalue weighted by Crippen LogP contribution is 2.27. The predicted molar refractivity (Wildman–Crippen MR) is 105 cm³/mol. The predicted octanol–water partition coefficient (Wildman–Crippen LogP) is 4.54. The lowest BCUT2D eigenvalue weighted by atomic mass is 10.1. The van der Waals surface area contributed by atoms with Crippen molar-refractivity contribution in [2.24, 2.45) is 0 Å². The topological polar surface area (TPSA) is 49.4 Å². The van der Waals surface area contributed by atoms with Gasteiger partial charge in [0.25, 0.3) is 0 Å². The molecule has 1 saturated heterocycles. The minimum atomic E-state index is -0.194. The van der Waals surface area contributed by atoms with E-state index >= 15 is 0 Å². The molecule has 0 atom stereocenters. The van der Waals surface area contributed by atoms with Crippen molar-refractivity contribution >= 4 is 45.2 Å². The molecule has 0 aliphatic carbocycles. The van der Waals surface area contributed by atoms with Crippen LogP contribution in [-0.2, 0) is 9.59 Å². The molecule has 1 heterocycles. The van der Waals surface area contributed by atoms with Crippen LogP contribution in [0.2, 0.25) is 0 Å². The molecule has 1 aliphatic rings. The van der Waals surface area contributed by atoms with E-state index in [1.165, 1.54) is 6.08 Å². The van der Waals surface area contributed by atoms with Crippen LogP contribution in [0, 0.1) is 6.92 Å². The maximum atomic E-state index is 12.1. The zero-order chi connectivity index (χ0) is 17.8. The normalized spacial score (nSPS) is 14.3. The number of hydrogen-bond donors (Lipinski definition) is 1. The fourth-order valence-corrected chi connectivity index (χ4v) is 3.32. The number of benzene rings is 2. The van der Waals surface area contributed by atoms with Crippen LogP contribution < -0.4 is 10.2 Å². The number of halogens is 1. The van der Waals surface area contributed by atoms with Gasteiger partial charge in [-0.2, -0.15) is 0 Å². The number of nitrogens with one attached hydrogen (secondary N) is 1. The summed E-state index contributed by atoms with van der Waals surface area (Å²) in [6.07, 6.45) is 4.78. The second kappa shape index (κ2) is 7.66. The van der Waals surface area contributed by atoms with Gasteiger partial charge in [-0.25, -0.2) is 0 Å². The van der Waals surface area contributed by atoms with Crippen molar-refractivity contribution in [2.45, 2.75) is 19.8 Å². The molecular weight excluding hydrogens is 380 g/mol. The van der Waals surface area contributed by atoms with Crippen LogP contribution in [0.5, 0.6) is 0 Å². The molecule has 5 heteroatoms. The first kappa shape index (κ1) is 17.4. The van der Waals surface area contributed by atoms with Crippen molar-refractivity contribution in [1.29, 1.82) is 0 Å². The molecule has 1 aliphatic heterocycles. The number of amides is 2. The molecule has 1 fully saturated rings. The Balaban J connectivity index is 1.68. The van der Waals surface area contributed by atoms with Crippen LogP contribution in [0.1, 0.15) is 24.0 Å². The number of anilines is 2. The van der Waals surface area contributed by atoms with Crippen LogP contribution in [-0.4, -0.2) is 18.4 Å². The molecule has 0 bridgehead atoms. The number of rotatable bonds is 4. The summed E-state index contributed by atoms with van der Waals surface area (Å²) in [7, 11) is 0. The molecule has 2 aromatic carbocycles. The van der Waals surface area contributed by atoms with Crippen LogP contribution in [0.15, 0.2) is 53.0 Å². The molecule has 0 unspecified atom stereocenters. The van der Waals surface area contributed by atoms with E-state index in [-0.39, 0.29) is 11.8 Å². The SMILES string of the molecule is Cc1cc(NC(=O)/C=C/c2ccccc2Br)ccc1N1CCCC1=O. The van der Waals surface area contributed by atoms with Gasteiger partial charge in [-0.1, -0.05) is 34.1 Å². The Labute approximate surface area is 155 Å². The van der Waals surface area contributed by atoms with E-state index in [0.717, 1.165) is 39.9 Å². The van der Waals surface area contributed by atoms with Gasteiger partial charge in [0.1, 0.15) is 0 Å². The summed E-state index contributed by atoms with van der Waals surface area (Å²) in [4.78, 5) is 25.8. The van der Waals surface area contributed by atoms with Crippen LogP contribution in [0.3, 0.4) is 0 Å². The molecule has 2 amide bonds. The molecule has 0 aromatic heterocycles. The summed E-state index contributed by atoms with van der Waals surface area (Å²) in [5, 5.41) is 2.86. The molecule has 3 rings (SSSR count). The average Bonchev–Trinajstić information content (AvgIpc) is 3.00. The molecule has 4 nitrogen and oxygen atoms in total. The summed E-state index contributed by atoms with van der Waals surface area (Å²) in [5.41, 5.74) is 3.55. The van der Waals surface area contributed by atoms with E-state index in [0.29, 0.717) is 6.42 Å². The van der Waals surface area contributed by atoms with Crippen molar-refractivity contribution in [1.82, 2.24) is 0 Å². The minimum absolute atomic E-state index is 0.163. The van der Waals surface area contributed by atoms with Gasteiger partial charge in [-0.3, -0.25) is 9.59 Å². The lowest BCUT2D eigenvalue weighted by Crippen LogP contribution is -2.24. The third-order valence-electron chi connectivity index (χ3n) is 4.15. The summed E-state index contributed by atoms with van der Waals surface area (Å²) in [5.74, 6) is -0.0311. The maximum absolute atomic E-state index is 12.1. The van der Waals surface area contributed by atoms with E-state index in [1.807, 2.05) is 54.3 Å². The number of carbonyl (C=O) groups excluding carboxylic acids is 2. The Morgan fingerprint density at radius 3 is 2.72 bits per heavy atom. The van der Waals surface area contributed by atoms with Gasteiger partial charge < -0.3 is 10.2 Å². The second-order valence-electron chi connectivity index (χ2n) is 5.99. The number of hydrogen-bond acceptors (Lipinski definition) is 2. The smallest absolute Gasteiger partial charge is 0.248 e. The number of aryl methyl sites for hydroxylation is 1. The van der Waals surface area contributed by atoms with Gasteiger partial charge in [0, 0.05) is 34.9 Å². The Bertz CT molecular complexity index is 845. The van der Waals surface area contributed by atoms with Crippen LogP contribution >= 0.6 is 15.9 Å². The Kier molecular flexibility index (Phi) is 5.34. The Hall–Kier alpha value is -2.40. The van der Waals surface area contributed by atoms with Gasteiger partial charge in [-0.15, -0.1) is 0 Å². The summed E-state index contributed by atoms with van der Waals surface area (Å²) >= 11 is 3.45. The molecule has 1 N–H and O–H groups in total. The van der Waals surface area contributed by atoms with Crippen molar-refractivity contribution in [3.63, 3.8) is 0 Å². The largest absolute Gasteiger partial charge is 0.323 e. The standard InChI is InChI=1S/C20H19BrN2O2/c1-14-13-16(9-10-18(14)23-12-4-7-20(23)25)22-19(24)11-8-15-5-2-3-6-17(15)21/h2-3,5-6,8-11,13H,4,7,12H2,1H3,(H,22,24)/b11-8+. The third-order valence-corrected chi connectivity index (χ3v) is 4.87. The highest BCUT2D eigenvalue weighted by atomic mass is 79.9. The van der Waals surface area contributed by atoms with E-state index in [4.69, 9.17) is 0 Å². The average molecular weight is 399 g/mol. The van der Waals surface area contributed by atoms with Gasteiger partial charge in [0.2, 0.25) is 11.8 Å². The van der Waals surface area contributed by atoms with Crippen molar-refractivity contribution in [2.75, 3.05) is 16.8 Å². The maximum Gasteiger partial charge on any atom is 0.248 e. The van der Waals surface area contributed by atoms with E-state index < -0.39 is 0 Å². The second-order valence-corrected chi connectivity index (χ2v) is 6.85. The minimum Gasteiger partial charge on any atom is -0.323 e. The zero-order valence-corrected chi connectivity index (χ0v) is 15.5. The highest BCUT2D eigenvalue weighted by molar-refractivity contribution is 9.10. The zero-order valence-electron chi connectivity index (χ0n) is 14.0. The fourth-order valence-electron chi connectivity index (χ4n) is 2.90. The Morgan fingerprint density at radius 1 is 1.24 bits per heavy atom. The molecule has 0 saturated carbocycles. The number of nitrogens with zero attached hydrogens (tertiary/aromatic N) is 1. The molecule has 0 spiro atoms. The van der Waals surface area contributed by atoms with Crippen LogP contribution in [0.4, 0.5) is 11.4 Å². The Morgan fingerprint density at radius 2 is 2.04 bits per heavy atom. The summed E-state index contributed by atoms with van der Waals surface area (Å²) in [6, 6.07) is 13.3. The highest BCUT2D eigenvalue weighted by Gasteiger charge is 2.22. The van der Waals surface area contributed by atoms with Gasteiger partial charge in [-0.05, 0) is 54.8 Å². The first-order valence-corrected chi connectivity index (χ1v) is 8.98. The van der Waals surface area contributed by atoms with Gasteiger partial charge >= 0.3 is 0 Å². The number of carbonyl (C=O) groups is 2. The summed E-state index contributed by atoms with van der Waals surface area (Å²) in [6.45, 7) is 2.72. The lowest BCUT2D eigenvalue weighted by molar-refractivity contribution is -0.117. The first-order chi connectivity index (χ1) is 12.0. The molecule has 25 heavy (non-hydrogen) atoms. The van der Waals surface area contributed by atoms with E-state index in [9.17, 15) is 9.59 Å². The quantitative estimate of drug-likeness (QED) is 0.768. The van der Waals surface area contributed by atoms with Crippen molar-refractivity contribution < 1.29 is 9.59 Å². The molecule has 128 valence electrons. The monoisotopic (exact) mass is 398 g/mol. The van der Waals surface area contributed by atoms with Gasteiger partial charge in [0.05, 0.1) is 0 Å². The molecule has 2 aromatic rings. The van der Waals surface area contributed by atoms with Crippen molar-refractivity contribution in [3.8, 4) is 0 Å². The van der Waals surface area contributed by atoms with E-state index in [1.54, 1.807) is 6.08 Å². The lowest BCUT2D eigenvalue weighted by Gasteiger charge is -2.19. The third kappa shape index (κ3) is 4.17. The van der Waals surface area contributed by atoms with E-state index in [2.05, 4.69) is 21.2 Å². The van der Waals surface area contributed by atoms with Crippen LogP contribution in [0.25, 0.3) is 6.08 Å². The molecule has 0 radical (unpaired) electrons.